The van der Waals surface area contributed by atoms with Crippen LogP contribution in [0.3, 0.4) is 0 Å². The topological polar surface area (TPSA) is 0 Å². The Bertz CT molecular complexity index is 3810. The lowest BCUT2D eigenvalue weighted by Gasteiger charge is -2.28. The molecule has 0 aromatic heterocycles. The van der Waals surface area contributed by atoms with Crippen LogP contribution in [-0.4, -0.2) is 0 Å². The molecule has 12 aromatic rings. The third-order valence-corrected chi connectivity index (χ3v) is 15.2. The summed E-state index contributed by atoms with van der Waals surface area (Å²) in [4.78, 5) is 0. The Morgan fingerprint density at radius 1 is 0.224 bits per heavy atom. The first-order chi connectivity index (χ1) is 33.2. The highest BCUT2D eigenvalue weighted by molar-refractivity contribution is 6.23. The van der Waals surface area contributed by atoms with E-state index in [-0.39, 0.29) is 5.41 Å². The molecule has 0 amide bonds. The van der Waals surface area contributed by atoms with E-state index >= 15 is 0 Å². The van der Waals surface area contributed by atoms with Gasteiger partial charge in [0.05, 0.1) is 0 Å². The van der Waals surface area contributed by atoms with Crippen molar-refractivity contribution in [1.82, 2.24) is 0 Å². The van der Waals surface area contributed by atoms with Crippen molar-refractivity contribution in [3.8, 4) is 66.8 Å². The molecule has 0 heterocycles. The fraction of sp³-hybridized carbons (Fsp3) is 0.0448. The Hall–Kier alpha value is -8.32. The number of benzene rings is 12. The summed E-state index contributed by atoms with van der Waals surface area (Å²) < 4.78 is 0. The van der Waals surface area contributed by atoms with Gasteiger partial charge < -0.3 is 0 Å². The molecular weight excluding hydrogens is 805 g/mol. The molecule has 14 rings (SSSR count). The second-order valence-electron chi connectivity index (χ2n) is 18.7. The maximum Gasteiger partial charge on any atom is 0.0296 e. The van der Waals surface area contributed by atoms with Crippen molar-refractivity contribution in [1.29, 1.82) is 0 Å². The van der Waals surface area contributed by atoms with Gasteiger partial charge in [0.2, 0.25) is 0 Å². The first kappa shape index (κ1) is 38.0. The predicted molar refractivity (Wildman–Crippen MR) is 284 cm³/mol. The Balaban J connectivity index is 0.912. The summed E-state index contributed by atoms with van der Waals surface area (Å²) in [6.45, 7) is 0. The summed E-state index contributed by atoms with van der Waals surface area (Å²) in [6.07, 6.45) is 1.98. The molecule has 0 bridgehead atoms. The Labute approximate surface area is 391 Å². The molecule has 0 unspecified atom stereocenters. The van der Waals surface area contributed by atoms with Crippen molar-refractivity contribution in [3.63, 3.8) is 0 Å². The number of fused-ring (bicyclic) bond motifs is 10. The molecule has 0 atom stereocenters. The first-order valence-electron chi connectivity index (χ1n) is 23.7. The van der Waals surface area contributed by atoms with Gasteiger partial charge in [-0.3, -0.25) is 0 Å². The summed E-state index contributed by atoms with van der Waals surface area (Å²) in [5.41, 5.74) is 21.1. The number of hydrogen-bond donors (Lipinski definition) is 0. The molecule has 0 saturated heterocycles. The Morgan fingerprint density at radius 2 is 0.507 bits per heavy atom. The smallest absolute Gasteiger partial charge is 0.0296 e. The fourth-order valence-electron chi connectivity index (χ4n) is 12.4. The summed E-state index contributed by atoms with van der Waals surface area (Å²) >= 11 is 0. The Morgan fingerprint density at radius 3 is 0.910 bits per heavy atom. The Kier molecular flexibility index (Phi) is 8.43. The SMILES string of the molecule is c1ccc(-c2c3ccccc3c(-c3ccc(-c4ccc5c(c4)C4(Cc6ccccc6C4)c4cc(-c6c7ccccc7c(-c7ccccc7)c7ccccc67)ccc4-5)cc3)c3ccccc23)cc1. The van der Waals surface area contributed by atoms with E-state index in [1.807, 2.05) is 0 Å². The third kappa shape index (κ3) is 5.73. The van der Waals surface area contributed by atoms with Crippen LogP contribution in [0.5, 0.6) is 0 Å². The molecule has 0 aliphatic heterocycles. The second-order valence-corrected chi connectivity index (χ2v) is 18.7. The maximum absolute atomic E-state index is 2.57. The standard InChI is InChI=1S/C67H44/c1-3-17-44(18-4-1)63-53-23-9-11-25-55(53)65(56-26-12-10-24-54(56)63)46-33-31-43(32-34-46)47-35-37-51-52-38-36-48(40-62(52)67(61(51)39-47)41-49-21-7-8-22-50(49)42-67)66-59-29-15-13-27-57(59)64(45-19-5-2-6-20-45)58-28-14-16-30-60(58)66/h1-40H,41-42H2. The molecule has 312 valence electrons. The zero-order valence-electron chi connectivity index (χ0n) is 37.0. The van der Waals surface area contributed by atoms with Gasteiger partial charge in [-0.05, 0) is 157 Å². The van der Waals surface area contributed by atoms with E-state index in [1.54, 1.807) is 0 Å². The van der Waals surface area contributed by atoms with Crippen LogP contribution in [0, 0.1) is 0 Å². The van der Waals surface area contributed by atoms with Crippen LogP contribution >= 0.6 is 0 Å². The lowest BCUT2D eigenvalue weighted by molar-refractivity contribution is 0.564. The van der Waals surface area contributed by atoms with E-state index in [9.17, 15) is 0 Å². The zero-order chi connectivity index (χ0) is 44.1. The fourth-order valence-corrected chi connectivity index (χ4v) is 12.4. The quantitative estimate of drug-likeness (QED) is 0.151. The highest BCUT2D eigenvalue weighted by Crippen LogP contribution is 2.57. The average molecular weight is 849 g/mol. The summed E-state index contributed by atoms with van der Waals surface area (Å²) in [5, 5.41) is 10.3. The van der Waals surface area contributed by atoms with Gasteiger partial charge in [0.25, 0.3) is 0 Å². The molecule has 2 aliphatic rings. The van der Waals surface area contributed by atoms with Crippen LogP contribution in [0.4, 0.5) is 0 Å². The van der Waals surface area contributed by atoms with Gasteiger partial charge >= 0.3 is 0 Å². The maximum atomic E-state index is 2.57. The van der Waals surface area contributed by atoms with E-state index in [2.05, 4.69) is 243 Å². The van der Waals surface area contributed by atoms with E-state index in [0.29, 0.717) is 0 Å². The van der Waals surface area contributed by atoms with E-state index in [0.717, 1.165) is 12.8 Å². The van der Waals surface area contributed by atoms with Gasteiger partial charge in [0.1, 0.15) is 0 Å². The van der Waals surface area contributed by atoms with Crippen LogP contribution in [0.2, 0.25) is 0 Å². The molecule has 12 aromatic carbocycles. The normalized spacial score (nSPS) is 13.4. The minimum atomic E-state index is -0.172. The number of hydrogen-bond acceptors (Lipinski definition) is 0. The third-order valence-electron chi connectivity index (χ3n) is 15.2. The molecule has 0 N–H and O–H groups in total. The van der Waals surface area contributed by atoms with Crippen molar-refractivity contribution in [3.05, 3.63) is 265 Å². The molecule has 0 radical (unpaired) electrons. The predicted octanol–water partition coefficient (Wildman–Crippen LogP) is 17.7. The van der Waals surface area contributed by atoms with Gasteiger partial charge in [-0.15, -0.1) is 0 Å². The van der Waals surface area contributed by atoms with Crippen LogP contribution in [0.1, 0.15) is 22.3 Å². The van der Waals surface area contributed by atoms with Gasteiger partial charge in [-0.2, -0.15) is 0 Å². The molecular formula is C67H44. The highest BCUT2D eigenvalue weighted by Gasteiger charge is 2.47. The molecule has 0 nitrogen and oxygen atoms in total. The van der Waals surface area contributed by atoms with Crippen molar-refractivity contribution in [2.45, 2.75) is 18.3 Å². The van der Waals surface area contributed by atoms with E-state index in [1.165, 1.54) is 132 Å². The van der Waals surface area contributed by atoms with Gasteiger partial charge in [0, 0.05) is 5.41 Å². The molecule has 2 aliphatic carbocycles. The highest BCUT2D eigenvalue weighted by atomic mass is 14.5. The lowest BCUT2D eigenvalue weighted by atomic mass is 9.74. The largest absolute Gasteiger partial charge is 0.0622 e. The summed E-state index contributed by atoms with van der Waals surface area (Å²) in [5.74, 6) is 0. The molecule has 0 fully saturated rings. The molecule has 1 spiro atoms. The lowest BCUT2D eigenvalue weighted by Crippen LogP contribution is -2.26. The first-order valence-corrected chi connectivity index (χ1v) is 23.7. The van der Waals surface area contributed by atoms with Crippen LogP contribution in [0.15, 0.2) is 243 Å². The zero-order valence-corrected chi connectivity index (χ0v) is 37.0. The molecule has 0 saturated carbocycles. The van der Waals surface area contributed by atoms with Gasteiger partial charge in [0.15, 0.2) is 0 Å². The second kappa shape index (κ2) is 14.9. The minimum absolute atomic E-state index is 0.172. The summed E-state index contributed by atoms with van der Waals surface area (Å²) in [6, 6.07) is 90.9. The van der Waals surface area contributed by atoms with E-state index in [4.69, 9.17) is 0 Å². The summed E-state index contributed by atoms with van der Waals surface area (Å²) in [7, 11) is 0. The minimum Gasteiger partial charge on any atom is -0.0622 e. The average Bonchev–Trinajstić information content (AvgIpc) is 3.92. The van der Waals surface area contributed by atoms with Gasteiger partial charge in [-0.25, -0.2) is 0 Å². The van der Waals surface area contributed by atoms with Crippen molar-refractivity contribution in [2.24, 2.45) is 0 Å². The van der Waals surface area contributed by atoms with E-state index < -0.39 is 0 Å². The van der Waals surface area contributed by atoms with Gasteiger partial charge in [-0.1, -0.05) is 231 Å². The van der Waals surface area contributed by atoms with Crippen molar-refractivity contribution < 1.29 is 0 Å². The number of rotatable bonds is 5. The van der Waals surface area contributed by atoms with Crippen LogP contribution < -0.4 is 0 Å². The molecule has 67 heavy (non-hydrogen) atoms. The molecule has 0 heteroatoms. The van der Waals surface area contributed by atoms with Crippen LogP contribution in [-0.2, 0) is 18.3 Å². The van der Waals surface area contributed by atoms with Crippen molar-refractivity contribution >= 4 is 43.1 Å². The monoisotopic (exact) mass is 848 g/mol. The van der Waals surface area contributed by atoms with Crippen molar-refractivity contribution in [2.75, 3.05) is 0 Å². The van der Waals surface area contributed by atoms with Crippen LogP contribution in [0.25, 0.3) is 110 Å².